The first-order chi connectivity index (χ1) is 13.5. The van der Waals surface area contributed by atoms with Gasteiger partial charge in [-0.3, -0.25) is 9.79 Å². The quantitative estimate of drug-likeness (QED) is 0.626. The van der Waals surface area contributed by atoms with Crippen LogP contribution >= 0.6 is 11.3 Å². The Bertz CT molecular complexity index is 1100. The average Bonchev–Trinajstić information content (AvgIpc) is 3.09. The van der Waals surface area contributed by atoms with Gasteiger partial charge in [0.1, 0.15) is 11.5 Å². The Labute approximate surface area is 166 Å². The lowest BCUT2D eigenvalue weighted by Crippen LogP contribution is -2.13. The van der Waals surface area contributed by atoms with E-state index >= 15 is 0 Å². The summed E-state index contributed by atoms with van der Waals surface area (Å²) < 4.78 is 6.94. The average molecular weight is 396 g/mol. The summed E-state index contributed by atoms with van der Waals surface area (Å²) in [6.45, 7) is 2.55. The SMILES string of the molecule is CCN=c1scc(-c2ccc(O)c(C(N)=O)c2)n1/N=C\c1cccc(OC)c1. The Morgan fingerprint density at radius 1 is 1.32 bits per heavy atom. The third-order valence-corrected chi connectivity index (χ3v) is 4.81. The van der Waals surface area contributed by atoms with E-state index in [1.807, 2.05) is 36.6 Å². The molecule has 8 heteroatoms. The lowest BCUT2D eigenvalue weighted by molar-refractivity contribution is 0.0998. The van der Waals surface area contributed by atoms with Crippen molar-refractivity contribution in [3.8, 4) is 22.8 Å². The number of ether oxygens (including phenoxy) is 1. The summed E-state index contributed by atoms with van der Waals surface area (Å²) in [5.41, 5.74) is 7.71. The summed E-state index contributed by atoms with van der Waals surface area (Å²) >= 11 is 1.44. The summed E-state index contributed by atoms with van der Waals surface area (Å²) in [4.78, 5) is 16.8. The van der Waals surface area contributed by atoms with Crippen LogP contribution in [-0.4, -0.2) is 35.6 Å². The number of amides is 1. The van der Waals surface area contributed by atoms with Gasteiger partial charge in [0.15, 0.2) is 0 Å². The lowest BCUT2D eigenvalue weighted by Gasteiger charge is -2.07. The molecular weight excluding hydrogens is 376 g/mol. The van der Waals surface area contributed by atoms with E-state index in [0.29, 0.717) is 16.9 Å². The highest BCUT2D eigenvalue weighted by molar-refractivity contribution is 7.07. The molecule has 3 rings (SSSR count). The highest BCUT2D eigenvalue weighted by Crippen LogP contribution is 2.26. The van der Waals surface area contributed by atoms with Crippen LogP contribution < -0.4 is 15.3 Å². The number of methoxy groups -OCH3 is 1. The van der Waals surface area contributed by atoms with Crippen LogP contribution in [0.5, 0.6) is 11.5 Å². The summed E-state index contributed by atoms with van der Waals surface area (Å²) in [5, 5.41) is 16.3. The zero-order chi connectivity index (χ0) is 20.1. The second-order valence-corrected chi connectivity index (χ2v) is 6.64. The second-order valence-electron chi connectivity index (χ2n) is 5.81. The normalized spacial score (nSPS) is 11.9. The molecule has 0 atom stereocenters. The van der Waals surface area contributed by atoms with Gasteiger partial charge in [-0.2, -0.15) is 5.10 Å². The van der Waals surface area contributed by atoms with Gasteiger partial charge in [0.2, 0.25) is 4.80 Å². The Kier molecular flexibility index (Phi) is 5.90. The number of rotatable bonds is 6. The molecular formula is C20H20N4O3S. The van der Waals surface area contributed by atoms with Crippen molar-refractivity contribution in [3.05, 3.63) is 63.8 Å². The van der Waals surface area contributed by atoms with E-state index in [9.17, 15) is 9.90 Å². The maximum absolute atomic E-state index is 11.6. The summed E-state index contributed by atoms with van der Waals surface area (Å²) in [6, 6.07) is 12.2. The van der Waals surface area contributed by atoms with Crippen LogP contribution in [0.25, 0.3) is 11.3 Å². The number of carbonyl (C=O) groups excluding carboxylic acids is 1. The molecule has 1 aromatic heterocycles. The molecule has 0 spiro atoms. The molecule has 7 nitrogen and oxygen atoms in total. The number of aromatic nitrogens is 1. The number of nitrogens with zero attached hydrogens (tertiary/aromatic N) is 3. The van der Waals surface area contributed by atoms with Gasteiger partial charge in [0.05, 0.1) is 24.6 Å². The molecule has 3 N–H and O–H groups in total. The van der Waals surface area contributed by atoms with Gasteiger partial charge in [-0.1, -0.05) is 12.1 Å². The molecule has 3 aromatic rings. The van der Waals surface area contributed by atoms with Crippen molar-refractivity contribution >= 4 is 23.5 Å². The van der Waals surface area contributed by atoms with Crippen molar-refractivity contribution in [2.45, 2.75) is 6.92 Å². The molecule has 0 unspecified atom stereocenters. The van der Waals surface area contributed by atoms with Crippen LogP contribution in [0.1, 0.15) is 22.8 Å². The number of phenols is 1. The summed E-state index contributed by atoms with van der Waals surface area (Å²) in [5.74, 6) is -0.113. The minimum atomic E-state index is -0.695. The minimum Gasteiger partial charge on any atom is -0.507 e. The standard InChI is InChI=1S/C20H20N4O3S/c1-3-22-20-24(23-11-13-5-4-6-15(9-13)27-2)17(12-28-20)14-7-8-18(25)16(10-14)19(21)26/h4-12,25H,3H2,1-2H3,(H2,21,26)/b22-20?,23-11-. The van der Waals surface area contributed by atoms with Gasteiger partial charge in [0.25, 0.3) is 5.91 Å². The van der Waals surface area contributed by atoms with Gasteiger partial charge < -0.3 is 15.6 Å². The second kappa shape index (κ2) is 8.53. The number of hydrogen-bond acceptors (Lipinski definition) is 6. The number of aromatic hydroxyl groups is 1. The number of benzene rings is 2. The molecule has 0 fully saturated rings. The largest absolute Gasteiger partial charge is 0.507 e. The summed E-state index contributed by atoms with van der Waals surface area (Å²) in [6.07, 6.45) is 1.71. The lowest BCUT2D eigenvalue weighted by atomic mass is 10.1. The first-order valence-corrected chi connectivity index (χ1v) is 9.44. The first kappa shape index (κ1) is 19.4. The molecule has 0 aliphatic rings. The number of nitrogens with two attached hydrogens (primary N) is 1. The number of carbonyl (C=O) groups is 1. The molecule has 0 saturated heterocycles. The van der Waals surface area contributed by atoms with E-state index in [1.165, 1.54) is 17.4 Å². The van der Waals surface area contributed by atoms with E-state index in [2.05, 4.69) is 10.1 Å². The van der Waals surface area contributed by atoms with Crippen LogP contribution in [0.3, 0.4) is 0 Å². The third-order valence-electron chi connectivity index (χ3n) is 3.95. The first-order valence-electron chi connectivity index (χ1n) is 8.56. The van der Waals surface area contributed by atoms with Crippen molar-refractivity contribution in [2.24, 2.45) is 15.8 Å². The predicted octanol–water partition coefficient (Wildman–Crippen LogP) is 2.83. The van der Waals surface area contributed by atoms with Crippen LogP contribution in [0, 0.1) is 0 Å². The van der Waals surface area contributed by atoms with Crippen molar-refractivity contribution in [2.75, 3.05) is 13.7 Å². The van der Waals surface area contributed by atoms with Crippen LogP contribution in [-0.2, 0) is 0 Å². The molecule has 28 heavy (non-hydrogen) atoms. The molecule has 1 heterocycles. The zero-order valence-electron chi connectivity index (χ0n) is 15.5. The fourth-order valence-corrected chi connectivity index (χ4v) is 3.49. The van der Waals surface area contributed by atoms with Crippen molar-refractivity contribution in [3.63, 3.8) is 0 Å². The van der Waals surface area contributed by atoms with E-state index in [0.717, 1.165) is 17.0 Å². The zero-order valence-corrected chi connectivity index (χ0v) is 16.3. The van der Waals surface area contributed by atoms with E-state index in [-0.39, 0.29) is 11.3 Å². The van der Waals surface area contributed by atoms with Crippen LogP contribution in [0.15, 0.2) is 57.9 Å². The van der Waals surface area contributed by atoms with Gasteiger partial charge in [-0.05, 0) is 42.8 Å². The molecule has 144 valence electrons. The van der Waals surface area contributed by atoms with E-state index < -0.39 is 5.91 Å². The fraction of sp³-hybridized carbons (Fsp3) is 0.150. The van der Waals surface area contributed by atoms with Crippen molar-refractivity contribution in [1.29, 1.82) is 0 Å². The number of hydrogen-bond donors (Lipinski definition) is 2. The number of primary amides is 1. The Morgan fingerprint density at radius 2 is 2.14 bits per heavy atom. The molecule has 0 saturated carbocycles. The van der Waals surface area contributed by atoms with Crippen molar-refractivity contribution < 1.29 is 14.6 Å². The minimum absolute atomic E-state index is 0.0565. The van der Waals surface area contributed by atoms with Crippen LogP contribution in [0.2, 0.25) is 0 Å². The topological polar surface area (TPSA) is 102 Å². The van der Waals surface area contributed by atoms with Crippen LogP contribution in [0.4, 0.5) is 0 Å². The monoisotopic (exact) mass is 396 g/mol. The highest BCUT2D eigenvalue weighted by atomic mass is 32.1. The predicted molar refractivity (Wildman–Crippen MR) is 110 cm³/mol. The summed E-state index contributed by atoms with van der Waals surface area (Å²) in [7, 11) is 1.61. The van der Waals surface area contributed by atoms with Crippen molar-refractivity contribution in [1.82, 2.24) is 4.68 Å². The highest BCUT2D eigenvalue weighted by Gasteiger charge is 2.13. The Balaban J connectivity index is 2.09. The fourth-order valence-electron chi connectivity index (χ4n) is 2.59. The molecule has 0 aliphatic heterocycles. The Morgan fingerprint density at radius 3 is 2.86 bits per heavy atom. The Hall–Kier alpha value is -3.39. The smallest absolute Gasteiger partial charge is 0.252 e. The molecule has 2 aromatic carbocycles. The maximum atomic E-state index is 11.6. The van der Waals surface area contributed by atoms with Gasteiger partial charge in [-0.15, -0.1) is 11.3 Å². The molecule has 1 amide bonds. The van der Waals surface area contributed by atoms with E-state index in [4.69, 9.17) is 10.5 Å². The van der Waals surface area contributed by atoms with Gasteiger partial charge in [-0.25, -0.2) is 4.68 Å². The van der Waals surface area contributed by atoms with E-state index in [1.54, 1.807) is 30.1 Å². The maximum Gasteiger partial charge on any atom is 0.252 e. The molecule has 0 bridgehead atoms. The van der Waals surface area contributed by atoms with Gasteiger partial charge in [0, 0.05) is 17.5 Å². The number of thiazole rings is 1. The van der Waals surface area contributed by atoms with Gasteiger partial charge >= 0.3 is 0 Å². The molecule has 0 aliphatic carbocycles. The third kappa shape index (κ3) is 4.12. The molecule has 0 radical (unpaired) electrons.